The summed E-state index contributed by atoms with van der Waals surface area (Å²) in [4.78, 5) is 0.333. The van der Waals surface area contributed by atoms with Crippen molar-refractivity contribution in [3.05, 3.63) is 103 Å². The Balaban J connectivity index is 1.68. The molecule has 1 fully saturated rings. The number of rotatable bonds is 7. The second kappa shape index (κ2) is 9.77. The zero-order valence-electron chi connectivity index (χ0n) is 19.4. The Kier molecular flexibility index (Phi) is 7.00. The first-order chi connectivity index (χ1) is 15.8. The van der Waals surface area contributed by atoms with Crippen LogP contribution in [0.5, 0.6) is 0 Å². The van der Waals surface area contributed by atoms with Crippen LogP contribution in [0.3, 0.4) is 0 Å². The van der Waals surface area contributed by atoms with Crippen molar-refractivity contribution in [2.45, 2.75) is 31.4 Å². The maximum Gasteiger partial charge on any atom is 0.253 e. The van der Waals surface area contributed by atoms with E-state index in [4.69, 9.17) is 4.43 Å². The number of benzene rings is 3. The van der Waals surface area contributed by atoms with E-state index in [1.807, 2.05) is 68.5 Å². The molecule has 172 valence electrons. The molecule has 1 heterocycles. The first-order valence-electron chi connectivity index (χ1n) is 11.3. The van der Waals surface area contributed by atoms with Crippen LogP contribution in [0.15, 0.2) is 102 Å². The van der Waals surface area contributed by atoms with Crippen LogP contribution in [0.1, 0.15) is 12.5 Å². The second-order valence-corrected chi connectivity index (χ2v) is 14.1. The average molecular weight is 478 g/mol. The molecule has 0 amide bonds. The molecule has 4 rings (SSSR count). The van der Waals surface area contributed by atoms with Gasteiger partial charge in [0.05, 0.1) is 11.0 Å². The van der Waals surface area contributed by atoms with Crippen LogP contribution in [0, 0.1) is 12.8 Å². The van der Waals surface area contributed by atoms with Gasteiger partial charge in [-0.05, 0) is 42.9 Å². The van der Waals surface area contributed by atoms with E-state index in [0.717, 1.165) is 5.56 Å². The second-order valence-electron chi connectivity index (χ2n) is 8.75. The Morgan fingerprint density at radius 1 is 0.879 bits per heavy atom. The summed E-state index contributed by atoms with van der Waals surface area (Å²) in [5.41, 5.74) is 1.04. The van der Waals surface area contributed by atoms with Crippen LogP contribution in [-0.4, -0.2) is 40.2 Å². The molecule has 1 aliphatic rings. The van der Waals surface area contributed by atoms with E-state index in [0.29, 0.717) is 18.0 Å². The number of sulfonamides is 1. The normalized spacial score (nSPS) is 19.8. The lowest BCUT2D eigenvalue weighted by atomic mass is 10.1. The van der Waals surface area contributed by atoms with Crippen LogP contribution >= 0.6 is 0 Å². The molecule has 0 saturated carbocycles. The van der Waals surface area contributed by atoms with Crippen molar-refractivity contribution < 1.29 is 12.8 Å². The van der Waals surface area contributed by atoms with E-state index < -0.39 is 18.3 Å². The fourth-order valence-corrected chi connectivity index (χ4v) is 9.10. The minimum absolute atomic E-state index is 0.00512. The SMILES string of the molecule is C/C=C/[C@H]1CN(S(=O)(=O)c2ccc(C)cc2)C[C@@H]1O[Si](C)(c1ccccc1)c1ccccc1. The molecule has 0 unspecified atom stereocenters. The molecule has 1 saturated heterocycles. The molecule has 0 aromatic heterocycles. The Morgan fingerprint density at radius 2 is 1.42 bits per heavy atom. The molecule has 1 aliphatic heterocycles. The van der Waals surface area contributed by atoms with Gasteiger partial charge in [-0.1, -0.05) is 90.5 Å². The van der Waals surface area contributed by atoms with Crippen molar-refractivity contribution in [3.8, 4) is 0 Å². The Bertz CT molecular complexity index is 1160. The lowest BCUT2D eigenvalue weighted by Crippen LogP contribution is -2.60. The van der Waals surface area contributed by atoms with E-state index >= 15 is 0 Å². The Labute approximate surface area is 198 Å². The summed E-state index contributed by atoms with van der Waals surface area (Å²) in [6, 6.07) is 27.8. The minimum Gasteiger partial charge on any atom is -0.403 e. The molecule has 4 nitrogen and oxygen atoms in total. The number of hydrogen-bond donors (Lipinski definition) is 0. The monoisotopic (exact) mass is 477 g/mol. The maximum absolute atomic E-state index is 13.4. The summed E-state index contributed by atoms with van der Waals surface area (Å²) in [7, 11) is -6.16. The van der Waals surface area contributed by atoms with Crippen LogP contribution in [-0.2, 0) is 14.4 Å². The highest BCUT2D eigenvalue weighted by atomic mass is 32.2. The summed E-state index contributed by atoms with van der Waals surface area (Å²) >= 11 is 0. The average Bonchev–Trinajstić information content (AvgIpc) is 3.23. The predicted molar refractivity (Wildman–Crippen MR) is 137 cm³/mol. The molecule has 33 heavy (non-hydrogen) atoms. The highest BCUT2D eigenvalue weighted by Gasteiger charge is 2.44. The molecule has 0 radical (unpaired) electrons. The quantitative estimate of drug-likeness (QED) is 0.382. The van der Waals surface area contributed by atoms with Gasteiger partial charge in [0.2, 0.25) is 10.0 Å². The fraction of sp³-hybridized carbons (Fsp3) is 0.259. The molecule has 0 spiro atoms. The third-order valence-electron chi connectivity index (χ3n) is 6.41. The lowest BCUT2D eigenvalue weighted by Gasteiger charge is -2.33. The van der Waals surface area contributed by atoms with Gasteiger partial charge >= 0.3 is 0 Å². The molecular weight excluding hydrogens is 446 g/mol. The molecule has 0 aliphatic carbocycles. The van der Waals surface area contributed by atoms with Gasteiger partial charge in [-0.3, -0.25) is 0 Å². The van der Waals surface area contributed by atoms with Crippen LogP contribution < -0.4 is 10.4 Å². The molecule has 0 N–H and O–H groups in total. The summed E-state index contributed by atoms with van der Waals surface area (Å²) in [5, 5.41) is 2.35. The zero-order valence-corrected chi connectivity index (χ0v) is 21.2. The van der Waals surface area contributed by atoms with Crippen molar-refractivity contribution in [2.75, 3.05) is 13.1 Å². The summed E-state index contributed by atoms with van der Waals surface area (Å²) in [6.45, 7) is 6.89. The predicted octanol–water partition coefficient (Wildman–Crippen LogP) is 3.97. The van der Waals surface area contributed by atoms with E-state index in [1.54, 1.807) is 16.4 Å². The molecular formula is C27H31NO3SSi. The number of nitrogens with zero attached hydrogens (tertiary/aromatic N) is 1. The van der Waals surface area contributed by atoms with E-state index in [-0.39, 0.29) is 12.0 Å². The van der Waals surface area contributed by atoms with E-state index in [1.165, 1.54) is 10.4 Å². The standard InChI is InChI=1S/C27H31NO3SSi/c1-4-11-23-20-28(32(29,30)24-18-16-22(2)17-19-24)21-27(23)31-33(3,25-12-7-5-8-13-25)26-14-9-6-10-15-26/h4-19,23,27H,20-21H2,1-3H3/b11-4+/t23-,27-/m0/s1. The van der Waals surface area contributed by atoms with Gasteiger partial charge < -0.3 is 4.43 Å². The Morgan fingerprint density at radius 3 is 1.94 bits per heavy atom. The fourth-order valence-electron chi connectivity index (χ4n) is 4.49. The van der Waals surface area contributed by atoms with Gasteiger partial charge in [0, 0.05) is 19.0 Å². The third kappa shape index (κ3) is 4.89. The summed E-state index contributed by atoms with van der Waals surface area (Å²) in [5.74, 6) is -0.00512. The van der Waals surface area contributed by atoms with Crippen molar-refractivity contribution >= 4 is 28.7 Å². The highest BCUT2D eigenvalue weighted by Crippen LogP contribution is 2.29. The topological polar surface area (TPSA) is 46.6 Å². The maximum atomic E-state index is 13.4. The van der Waals surface area contributed by atoms with Gasteiger partial charge in [-0.15, -0.1) is 0 Å². The van der Waals surface area contributed by atoms with Gasteiger partial charge in [0.1, 0.15) is 0 Å². The highest BCUT2D eigenvalue weighted by molar-refractivity contribution is 7.89. The van der Waals surface area contributed by atoms with Crippen molar-refractivity contribution in [2.24, 2.45) is 5.92 Å². The van der Waals surface area contributed by atoms with Crippen molar-refractivity contribution in [3.63, 3.8) is 0 Å². The summed E-state index contributed by atoms with van der Waals surface area (Å²) in [6.07, 6.45) is 3.85. The van der Waals surface area contributed by atoms with Crippen LogP contribution in [0.4, 0.5) is 0 Å². The van der Waals surface area contributed by atoms with Crippen molar-refractivity contribution in [1.29, 1.82) is 0 Å². The van der Waals surface area contributed by atoms with Gasteiger partial charge in [0.25, 0.3) is 8.32 Å². The van der Waals surface area contributed by atoms with Gasteiger partial charge in [0.15, 0.2) is 0 Å². The molecule has 3 aromatic rings. The van der Waals surface area contributed by atoms with E-state index in [9.17, 15) is 8.42 Å². The Hall–Kier alpha value is -2.51. The summed E-state index contributed by atoms with van der Waals surface area (Å²) < 4.78 is 35.4. The first-order valence-corrected chi connectivity index (χ1v) is 15.2. The van der Waals surface area contributed by atoms with Gasteiger partial charge in [-0.2, -0.15) is 4.31 Å². The number of hydrogen-bond acceptors (Lipinski definition) is 3. The smallest absolute Gasteiger partial charge is 0.253 e. The molecule has 6 heteroatoms. The number of allylic oxidation sites excluding steroid dienone is 1. The zero-order chi connectivity index (χ0) is 23.5. The number of aryl methyl sites for hydroxylation is 1. The molecule has 3 aromatic carbocycles. The van der Waals surface area contributed by atoms with Gasteiger partial charge in [-0.25, -0.2) is 8.42 Å². The lowest BCUT2D eigenvalue weighted by molar-refractivity contribution is 0.188. The largest absolute Gasteiger partial charge is 0.403 e. The third-order valence-corrected chi connectivity index (χ3v) is 11.9. The van der Waals surface area contributed by atoms with Crippen LogP contribution in [0.2, 0.25) is 6.55 Å². The van der Waals surface area contributed by atoms with Crippen LogP contribution in [0.25, 0.3) is 0 Å². The molecule has 2 atom stereocenters. The first kappa shape index (κ1) is 23.6. The van der Waals surface area contributed by atoms with Crippen molar-refractivity contribution in [1.82, 2.24) is 4.31 Å². The molecule has 0 bridgehead atoms. The van der Waals surface area contributed by atoms with E-state index in [2.05, 4.69) is 36.9 Å². The minimum atomic E-state index is -3.59.